The monoisotopic (exact) mass is 295 g/mol. The molecule has 1 aromatic carbocycles. The number of amides is 1. The van der Waals surface area contributed by atoms with E-state index in [0.29, 0.717) is 36.5 Å². The highest BCUT2D eigenvalue weighted by Gasteiger charge is 2.38. The molecule has 0 bridgehead atoms. The molecule has 1 N–H and O–H groups in total. The number of hydrogen-bond donors (Lipinski definition) is 1. The number of carbonyl (C=O) groups is 2. The minimum absolute atomic E-state index is 0.123. The maximum absolute atomic E-state index is 12.4. The van der Waals surface area contributed by atoms with Crippen LogP contribution >= 0.6 is 11.6 Å². The summed E-state index contributed by atoms with van der Waals surface area (Å²) < 4.78 is 0. The van der Waals surface area contributed by atoms with Gasteiger partial charge in [0.25, 0.3) is 5.91 Å². The first-order chi connectivity index (χ1) is 9.33. The smallest absolute Gasteiger partial charge is 0.309 e. The van der Waals surface area contributed by atoms with E-state index >= 15 is 0 Å². The molecule has 108 valence electrons. The first-order valence-corrected chi connectivity index (χ1v) is 7.00. The minimum atomic E-state index is -0.794. The lowest BCUT2D eigenvalue weighted by atomic mass is 9.80. The van der Waals surface area contributed by atoms with Crippen LogP contribution in [0.2, 0.25) is 5.02 Å². The number of likely N-dealkylation sites (tertiary alicyclic amines) is 1. The quantitative estimate of drug-likeness (QED) is 0.912. The molecular formula is C15H18ClNO3. The Hall–Kier alpha value is -1.55. The molecule has 1 saturated heterocycles. The number of benzene rings is 1. The van der Waals surface area contributed by atoms with Crippen LogP contribution in [0.3, 0.4) is 0 Å². The van der Waals surface area contributed by atoms with E-state index in [1.54, 1.807) is 24.0 Å². The lowest BCUT2D eigenvalue weighted by molar-refractivity contribution is -0.150. The molecule has 20 heavy (non-hydrogen) atoms. The van der Waals surface area contributed by atoms with Gasteiger partial charge in [0.1, 0.15) is 0 Å². The van der Waals surface area contributed by atoms with Gasteiger partial charge in [0.2, 0.25) is 0 Å². The molecule has 0 saturated carbocycles. The van der Waals surface area contributed by atoms with E-state index < -0.39 is 11.4 Å². The van der Waals surface area contributed by atoms with Crippen LogP contribution in [-0.2, 0) is 4.79 Å². The molecule has 0 atom stereocenters. The molecule has 0 radical (unpaired) electrons. The summed E-state index contributed by atoms with van der Waals surface area (Å²) in [7, 11) is 0. The molecule has 2 rings (SSSR count). The molecule has 1 aliphatic heterocycles. The fourth-order valence-electron chi connectivity index (χ4n) is 2.38. The summed E-state index contributed by atoms with van der Waals surface area (Å²) in [6.07, 6.45) is 0.940. The number of carbonyl (C=O) groups excluding carboxylic acids is 1. The largest absolute Gasteiger partial charge is 0.481 e. The third-order valence-electron chi connectivity index (χ3n) is 4.03. The van der Waals surface area contributed by atoms with Crippen LogP contribution in [0.4, 0.5) is 0 Å². The van der Waals surface area contributed by atoms with Crippen molar-refractivity contribution < 1.29 is 14.7 Å². The molecule has 1 fully saturated rings. The van der Waals surface area contributed by atoms with Crippen LogP contribution in [0, 0.1) is 12.3 Å². The van der Waals surface area contributed by atoms with Crippen LogP contribution in [0.1, 0.15) is 35.7 Å². The zero-order chi connectivity index (χ0) is 14.9. The summed E-state index contributed by atoms with van der Waals surface area (Å²) in [6.45, 7) is 4.55. The molecule has 0 unspecified atom stereocenters. The van der Waals surface area contributed by atoms with Gasteiger partial charge in [-0.3, -0.25) is 9.59 Å². The summed E-state index contributed by atoms with van der Waals surface area (Å²) in [4.78, 5) is 25.3. The Kier molecular flexibility index (Phi) is 4.04. The Labute approximate surface area is 123 Å². The summed E-state index contributed by atoms with van der Waals surface area (Å²) in [5.74, 6) is -0.916. The number of hydrogen-bond acceptors (Lipinski definition) is 2. The van der Waals surface area contributed by atoms with Gasteiger partial charge in [-0.05, 0) is 44.4 Å². The first-order valence-electron chi connectivity index (χ1n) is 6.62. The molecule has 4 nitrogen and oxygen atoms in total. The van der Waals surface area contributed by atoms with Gasteiger partial charge >= 0.3 is 5.97 Å². The molecule has 1 amide bonds. The number of carboxylic acids is 1. The molecule has 1 heterocycles. The fraction of sp³-hybridized carbons (Fsp3) is 0.467. The normalized spacial score (nSPS) is 17.9. The van der Waals surface area contributed by atoms with Crippen molar-refractivity contribution in [1.82, 2.24) is 4.90 Å². The van der Waals surface area contributed by atoms with Crippen molar-refractivity contribution in [3.05, 3.63) is 34.3 Å². The van der Waals surface area contributed by atoms with Gasteiger partial charge in [-0.1, -0.05) is 17.7 Å². The van der Waals surface area contributed by atoms with Gasteiger partial charge < -0.3 is 10.0 Å². The lowest BCUT2D eigenvalue weighted by Gasteiger charge is -2.36. The van der Waals surface area contributed by atoms with E-state index in [1.165, 1.54) is 0 Å². The number of carboxylic acid groups (broad SMARTS) is 1. The van der Waals surface area contributed by atoms with Gasteiger partial charge in [-0.15, -0.1) is 0 Å². The van der Waals surface area contributed by atoms with E-state index in [2.05, 4.69) is 0 Å². The number of aryl methyl sites for hydroxylation is 1. The fourth-order valence-corrected chi connectivity index (χ4v) is 2.70. The minimum Gasteiger partial charge on any atom is -0.481 e. The second-order valence-corrected chi connectivity index (χ2v) is 6.05. The molecule has 0 aromatic heterocycles. The third-order valence-corrected chi connectivity index (χ3v) is 4.34. The maximum Gasteiger partial charge on any atom is 0.309 e. The predicted molar refractivity (Wildman–Crippen MR) is 77.1 cm³/mol. The number of piperidine rings is 1. The van der Waals surface area contributed by atoms with E-state index in [4.69, 9.17) is 11.6 Å². The van der Waals surface area contributed by atoms with E-state index in [9.17, 15) is 14.7 Å². The van der Waals surface area contributed by atoms with E-state index in [1.807, 2.05) is 13.0 Å². The number of rotatable bonds is 2. The van der Waals surface area contributed by atoms with Crippen molar-refractivity contribution >= 4 is 23.5 Å². The lowest BCUT2D eigenvalue weighted by Crippen LogP contribution is -2.45. The highest BCUT2D eigenvalue weighted by atomic mass is 35.5. The zero-order valence-electron chi connectivity index (χ0n) is 11.6. The molecule has 1 aliphatic rings. The average Bonchev–Trinajstić information content (AvgIpc) is 2.38. The van der Waals surface area contributed by atoms with Gasteiger partial charge in [-0.25, -0.2) is 0 Å². The third kappa shape index (κ3) is 2.80. The number of nitrogens with zero attached hydrogens (tertiary/aromatic N) is 1. The molecule has 5 heteroatoms. The molecule has 0 aliphatic carbocycles. The summed E-state index contributed by atoms with van der Waals surface area (Å²) in [5, 5.41) is 9.64. The van der Waals surface area contributed by atoms with Crippen molar-refractivity contribution in [3.8, 4) is 0 Å². The van der Waals surface area contributed by atoms with Crippen LogP contribution in [-0.4, -0.2) is 35.0 Å². The van der Waals surface area contributed by atoms with E-state index in [-0.39, 0.29) is 5.91 Å². The highest BCUT2D eigenvalue weighted by molar-refractivity contribution is 6.33. The Morgan fingerprint density at radius 1 is 1.30 bits per heavy atom. The van der Waals surface area contributed by atoms with Crippen molar-refractivity contribution in [3.63, 3.8) is 0 Å². The topological polar surface area (TPSA) is 57.6 Å². The number of aliphatic carboxylic acids is 1. The van der Waals surface area contributed by atoms with Crippen LogP contribution in [0.25, 0.3) is 0 Å². The summed E-state index contributed by atoms with van der Waals surface area (Å²) >= 11 is 6.11. The van der Waals surface area contributed by atoms with Gasteiger partial charge in [0, 0.05) is 13.1 Å². The first kappa shape index (κ1) is 14.9. The second-order valence-electron chi connectivity index (χ2n) is 5.64. The Balaban J connectivity index is 2.11. The van der Waals surface area contributed by atoms with Crippen molar-refractivity contribution in [1.29, 1.82) is 0 Å². The Bertz CT molecular complexity index is 548. The predicted octanol–water partition coefficient (Wildman–Crippen LogP) is 2.98. The van der Waals surface area contributed by atoms with Crippen molar-refractivity contribution in [2.45, 2.75) is 26.7 Å². The summed E-state index contributed by atoms with van der Waals surface area (Å²) in [6, 6.07) is 5.34. The molecule has 0 spiro atoms. The van der Waals surface area contributed by atoms with Gasteiger partial charge in [-0.2, -0.15) is 0 Å². The molecule has 1 aromatic rings. The zero-order valence-corrected chi connectivity index (χ0v) is 12.4. The Morgan fingerprint density at radius 2 is 1.90 bits per heavy atom. The number of halogens is 1. The van der Waals surface area contributed by atoms with E-state index in [0.717, 1.165) is 5.56 Å². The summed E-state index contributed by atoms with van der Waals surface area (Å²) in [5.41, 5.74) is 0.758. The second kappa shape index (κ2) is 5.44. The molecular weight excluding hydrogens is 278 g/mol. The maximum atomic E-state index is 12.4. The van der Waals surface area contributed by atoms with Crippen LogP contribution in [0.15, 0.2) is 18.2 Å². The van der Waals surface area contributed by atoms with Crippen molar-refractivity contribution in [2.75, 3.05) is 13.1 Å². The van der Waals surface area contributed by atoms with Crippen LogP contribution < -0.4 is 0 Å². The standard InChI is InChI=1S/C15H18ClNO3/c1-10-3-4-11(12(16)9-10)13(18)17-7-5-15(2,6-8-17)14(19)20/h3-4,9H,5-8H2,1-2H3,(H,19,20). The van der Waals surface area contributed by atoms with Crippen molar-refractivity contribution in [2.24, 2.45) is 5.41 Å². The highest BCUT2D eigenvalue weighted by Crippen LogP contribution is 2.32. The average molecular weight is 296 g/mol. The van der Waals surface area contributed by atoms with Gasteiger partial charge in [0.05, 0.1) is 16.0 Å². The van der Waals surface area contributed by atoms with Crippen LogP contribution in [0.5, 0.6) is 0 Å². The Morgan fingerprint density at radius 3 is 2.40 bits per heavy atom. The SMILES string of the molecule is Cc1ccc(C(=O)N2CCC(C)(C(=O)O)CC2)c(Cl)c1. The van der Waals surface area contributed by atoms with Gasteiger partial charge in [0.15, 0.2) is 0 Å².